The standard InChI is InChI=1S/C12H11BrINS/c1-7-6-10(13)12(16-7)11(15)8-2-4-9(14)5-3-8/h2-6,11H,15H2,1H3. The molecule has 2 aromatic rings. The monoisotopic (exact) mass is 407 g/mol. The molecular weight excluding hydrogens is 397 g/mol. The Morgan fingerprint density at radius 3 is 2.44 bits per heavy atom. The van der Waals surface area contributed by atoms with Crippen molar-refractivity contribution >= 4 is 49.9 Å². The van der Waals surface area contributed by atoms with Crippen molar-refractivity contribution in [2.24, 2.45) is 5.73 Å². The van der Waals surface area contributed by atoms with Crippen molar-refractivity contribution in [2.75, 3.05) is 0 Å². The van der Waals surface area contributed by atoms with Crippen LogP contribution < -0.4 is 5.73 Å². The summed E-state index contributed by atoms with van der Waals surface area (Å²) in [5, 5.41) is 0. The molecule has 1 atom stereocenters. The largest absolute Gasteiger partial charge is 0.320 e. The fourth-order valence-corrected chi connectivity index (χ4v) is 3.82. The van der Waals surface area contributed by atoms with Gasteiger partial charge in [0.25, 0.3) is 0 Å². The first kappa shape index (κ1) is 12.5. The zero-order valence-electron chi connectivity index (χ0n) is 8.71. The summed E-state index contributed by atoms with van der Waals surface area (Å²) in [6.07, 6.45) is 0. The van der Waals surface area contributed by atoms with Crippen LogP contribution in [0.15, 0.2) is 34.8 Å². The molecule has 0 spiro atoms. The van der Waals surface area contributed by atoms with Gasteiger partial charge in [0.05, 0.1) is 6.04 Å². The Kier molecular flexibility index (Phi) is 4.05. The van der Waals surface area contributed by atoms with Gasteiger partial charge in [-0.25, -0.2) is 0 Å². The molecule has 1 unspecified atom stereocenters. The van der Waals surface area contributed by atoms with Gasteiger partial charge in [0.15, 0.2) is 0 Å². The first-order chi connectivity index (χ1) is 7.58. The van der Waals surface area contributed by atoms with Crippen LogP contribution >= 0.6 is 49.9 Å². The fraction of sp³-hybridized carbons (Fsp3) is 0.167. The molecule has 0 saturated heterocycles. The zero-order chi connectivity index (χ0) is 11.7. The third kappa shape index (κ3) is 2.67. The molecule has 16 heavy (non-hydrogen) atoms. The number of hydrogen-bond acceptors (Lipinski definition) is 2. The van der Waals surface area contributed by atoms with Crippen molar-refractivity contribution < 1.29 is 0 Å². The molecule has 0 amide bonds. The van der Waals surface area contributed by atoms with E-state index in [9.17, 15) is 0 Å². The van der Waals surface area contributed by atoms with Crippen LogP contribution in [-0.4, -0.2) is 0 Å². The number of aryl methyl sites for hydroxylation is 1. The van der Waals surface area contributed by atoms with Crippen LogP contribution in [-0.2, 0) is 0 Å². The Balaban J connectivity index is 2.35. The highest BCUT2D eigenvalue weighted by Gasteiger charge is 2.14. The number of rotatable bonds is 2. The second kappa shape index (κ2) is 5.16. The van der Waals surface area contributed by atoms with Gasteiger partial charge in [-0.15, -0.1) is 11.3 Å². The first-order valence-corrected chi connectivity index (χ1v) is 7.53. The van der Waals surface area contributed by atoms with Crippen LogP contribution in [0.3, 0.4) is 0 Å². The molecule has 2 rings (SSSR count). The van der Waals surface area contributed by atoms with Crippen LogP contribution in [0.1, 0.15) is 21.4 Å². The molecule has 2 N–H and O–H groups in total. The minimum atomic E-state index is -0.0370. The van der Waals surface area contributed by atoms with Gasteiger partial charge < -0.3 is 5.73 Å². The van der Waals surface area contributed by atoms with Gasteiger partial charge in [-0.3, -0.25) is 0 Å². The van der Waals surface area contributed by atoms with Crippen molar-refractivity contribution in [1.82, 2.24) is 0 Å². The van der Waals surface area contributed by atoms with Crippen LogP contribution in [0.2, 0.25) is 0 Å². The van der Waals surface area contributed by atoms with Crippen molar-refractivity contribution in [2.45, 2.75) is 13.0 Å². The van der Waals surface area contributed by atoms with E-state index in [1.165, 1.54) is 13.3 Å². The Morgan fingerprint density at radius 2 is 1.94 bits per heavy atom. The lowest BCUT2D eigenvalue weighted by Crippen LogP contribution is -2.10. The van der Waals surface area contributed by atoms with Crippen molar-refractivity contribution in [3.63, 3.8) is 0 Å². The molecule has 0 bridgehead atoms. The van der Waals surface area contributed by atoms with E-state index in [-0.39, 0.29) is 6.04 Å². The lowest BCUT2D eigenvalue weighted by molar-refractivity contribution is 0.888. The van der Waals surface area contributed by atoms with Crippen LogP contribution in [0, 0.1) is 10.5 Å². The van der Waals surface area contributed by atoms with E-state index in [2.05, 4.69) is 75.8 Å². The summed E-state index contributed by atoms with van der Waals surface area (Å²) < 4.78 is 2.34. The second-order valence-corrected chi connectivity index (χ2v) is 6.99. The Hall–Kier alpha value is 0.0900. The summed E-state index contributed by atoms with van der Waals surface area (Å²) in [4.78, 5) is 2.47. The molecule has 1 aromatic heterocycles. The highest BCUT2D eigenvalue weighted by atomic mass is 127. The van der Waals surface area contributed by atoms with E-state index >= 15 is 0 Å². The smallest absolute Gasteiger partial charge is 0.0657 e. The Bertz CT molecular complexity index is 492. The van der Waals surface area contributed by atoms with Crippen molar-refractivity contribution in [1.29, 1.82) is 0 Å². The summed E-state index contributed by atoms with van der Waals surface area (Å²) in [7, 11) is 0. The number of thiophene rings is 1. The fourth-order valence-electron chi connectivity index (χ4n) is 1.53. The summed E-state index contributed by atoms with van der Waals surface area (Å²) >= 11 is 7.60. The molecule has 0 radical (unpaired) electrons. The first-order valence-electron chi connectivity index (χ1n) is 4.85. The number of nitrogens with two attached hydrogens (primary N) is 1. The molecule has 4 heteroatoms. The quantitative estimate of drug-likeness (QED) is 0.730. The third-order valence-electron chi connectivity index (χ3n) is 2.35. The van der Waals surface area contributed by atoms with Gasteiger partial charge in [0, 0.05) is 17.8 Å². The minimum Gasteiger partial charge on any atom is -0.320 e. The van der Waals surface area contributed by atoms with Crippen LogP contribution in [0.25, 0.3) is 0 Å². The van der Waals surface area contributed by atoms with Crippen molar-refractivity contribution in [3.8, 4) is 0 Å². The van der Waals surface area contributed by atoms with E-state index in [4.69, 9.17) is 5.73 Å². The highest BCUT2D eigenvalue weighted by molar-refractivity contribution is 14.1. The molecule has 0 fully saturated rings. The van der Waals surface area contributed by atoms with E-state index in [0.717, 1.165) is 10.0 Å². The molecule has 84 valence electrons. The summed E-state index contributed by atoms with van der Waals surface area (Å²) in [5.41, 5.74) is 7.41. The van der Waals surface area contributed by atoms with E-state index in [1.54, 1.807) is 11.3 Å². The lowest BCUT2D eigenvalue weighted by atomic mass is 10.1. The molecule has 0 aliphatic heterocycles. The zero-order valence-corrected chi connectivity index (χ0v) is 13.3. The van der Waals surface area contributed by atoms with E-state index in [0.29, 0.717) is 0 Å². The second-order valence-electron chi connectivity index (χ2n) is 3.60. The molecule has 1 heterocycles. The molecule has 0 saturated carbocycles. The maximum absolute atomic E-state index is 6.26. The van der Waals surface area contributed by atoms with Crippen molar-refractivity contribution in [3.05, 3.63) is 53.7 Å². The minimum absolute atomic E-state index is 0.0370. The van der Waals surface area contributed by atoms with E-state index in [1.807, 2.05) is 0 Å². The van der Waals surface area contributed by atoms with Gasteiger partial charge in [-0.05, 0) is 69.2 Å². The van der Waals surface area contributed by atoms with Gasteiger partial charge in [-0.2, -0.15) is 0 Å². The summed E-state index contributed by atoms with van der Waals surface area (Å²) in [6.45, 7) is 2.10. The van der Waals surface area contributed by atoms with Gasteiger partial charge in [-0.1, -0.05) is 12.1 Å². The molecular formula is C12H11BrINS. The Labute approximate surface area is 121 Å². The van der Waals surface area contributed by atoms with Crippen LogP contribution in [0.4, 0.5) is 0 Å². The van der Waals surface area contributed by atoms with Gasteiger partial charge in [0.2, 0.25) is 0 Å². The predicted molar refractivity (Wildman–Crippen MR) is 81.9 cm³/mol. The predicted octanol–water partition coefficient (Wildman–Crippen LogP) is 4.47. The molecule has 0 aliphatic carbocycles. The van der Waals surface area contributed by atoms with Gasteiger partial charge >= 0.3 is 0 Å². The normalized spacial score (nSPS) is 12.8. The number of halogens is 2. The Morgan fingerprint density at radius 1 is 1.31 bits per heavy atom. The summed E-state index contributed by atoms with van der Waals surface area (Å²) in [6, 6.07) is 10.4. The molecule has 1 aromatic carbocycles. The van der Waals surface area contributed by atoms with Crippen LogP contribution in [0.5, 0.6) is 0 Å². The van der Waals surface area contributed by atoms with E-state index < -0.39 is 0 Å². The summed E-state index contributed by atoms with van der Waals surface area (Å²) in [5.74, 6) is 0. The average Bonchev–Trinajstić information content (AvgIpc) is 2.58. The highest BCUT2D eigenvalue weighted by Crippen LogP contribution is 2.34. The molecule has 0 aliphatic rings. The van der Waals surface area contributed by atoms with Gasteiger partial charge in [0.1, 0.15) is 0 Å². The molecule has 1 nitrogen and oxygen atoms in total. The number of hydrogen-bond donors (Lipinski definition) is 1. The lowest BCUT2D eigenvalue weighted by Gasteiger charge is -2.11. The topological polar surface area (TPSA) is 26.0 Å². The number of benzene rings is 1. The maximum Gasteiger partial charge on any atom is 0.0657 e. The SMILES string of the molecule is Cc1cc(Br)c(C(N)c2ccc(I)cc2)s1. The third-order valence-corrected chi connectivity index (χ3v) is 5.12. The maximum atomic E-state index is 6.26. The average molecular weight is 408 g/mol.